The summed E-state index contributed by atoms with van der Waals surface area (Å²) in [5, 5.41) is 2.71. The number of rotatable bonds is 7. The van der Waals surface area contributed by atoms with E-state index in [4.69, 9.17) is 19.9 Å². The molecule has 1 atom stereocenters. The fourth-order valence-corrected chi connectivity index (χ4v) is 3.32. The maximum Gasteiger partial charge on any atom is 0.254 e. The molecule has 1 aliphatic heterocycles. The summed E-state index contributed by atoms with van der Waals surface area (Å²) >= 11 is 3.16. The standard InChI is InChI=1S/C20H21BrF2N2O4/c1-20(2)28-10-13(29-20)5-6-27-17-9-12(22)8-16(18(17)19(24)26)25-15-4-3-11(21)7-14(15)23/h3-4,7-9,13,25H,5-6,10H2,1-2H3,(H2,24,26)/t13-/m1/s1. The number of carbonyl (C=O) groups excluding carboxylic acids is 1. The lowest BCUT2D eigenvalue weighted by Gasteiger charge is -2.18. The molecular formula is C20H21BrF2N2O4. The number of benzene rings is 2. The van der Waals surface area contributed by atoms with E-state index < -0.39 is 23.3 Å². The van der Waals surface area contributed by atoms with Crippen LogP contribution in [0.15, 0.2) is 34.8 Å². The summed E-state index contributed by atoms with van der Waals surface area (Å²) in [5.74, 6) is -2.76. The van der Waals surface area contributed by atoms with E-state index in [2.05, 4.69) is 21.2 Å². The van der Waals surface area contributed by atoms with Gasteiger partial charge in [-0.1, -0.05) is 15.9 Å². The van der Waals surface area contributed by atoms with Crippen molar-refractivity contribution in [3.05, 3.63) is 52.0 Å². The highest BCUT2D eigenvalue weighted by Crippen LogP contribution is 2.32. The molecule has 1 saturated heterocycles. The minimum atomic E-state index is -0.832. The van der Waals surface area contributed by atoms with Crippen LogP contribution in [0.5, 0.6) is 5.75 Å². The molecule has 2 aromatic carbocycles. The van der Waals surface area contributed by atoms with Gasteiger partial charge >= 0.3 is 0 Å². The quantitative estimate of drug-likeness (QED) is 0.622. The van der Waals surface area contributed by atoms with Crippen molar-refractivity contribution < 1.29 is 27.8 Å². The molecule has 1 heterocycles. The van der Waals surface area contributed by atoms with Crippen LogP contribution in [0.25, 0.3) is 0 Å². The van der Waals surface area contributed by atoms with Gasteiger partial charge in [0, 0.05) is 17.0 Å². The zero-order valence-corrected chi connectivity index (χ0v) is 17.5. The third-order valence-corrected chi connectivity index (χ3v) is 4.77. The maximum atomic E-state index is 14.2. The van der Waals surface area contributed by atoms with Crippen LogP contribution >= 0.6 is 15.9 Å². The number of primary amides is 1. The molecule has 29 heavy (non-hydrogen) atoms. The number of nitrogens with two attached hydrogens (primary N) is 1. The van der Waals surface area contributed by atoms with Crippen molar-refractivity contribution in [2.75, 3.05) is 18.5 Å². The molecule has 0 saturated carbocycles. The van der Waals surface area contributed by atoms with Crippen molar-refractivity contribution in [2.24, 2.45) is 5.73 Å². The van der Waals surface area contributed by atoms with Gasteiger partial charge in [0.25, 0.3) is 5.91 Å². The molecule has 0 spiro atoms. The van der Waals surface area contributed by atoms with Crippen LogP contribution in [0, 0.1) is 11.6 Å². The van der Waals surface area contributed by atoms with Crippen molar-refractivity contribution >= 4 is 33.2 Å². The van der Waals surface area contributed by atoms with E-state index in [9.17, 15) is 13.6 Å². The fourth-order valence-electron chi connectivity index (χ4n) is 2.99. The number of anilines is 2. The Balaban J connectivity index is 1.79. The molecule has 3 rings (SSSR count). The van der Waals surface area contributed by atoms with Gasteiger partial charge in [0.1, 0.15) is 22.9 Å². The largest absolute Gasteiger partial charge is 0.492 e. The number of carbonyl (C=O) groups is 1. The van der Waals surface area contributed by atoms with Crippen molar-refractivity contribution in [3.63, 3.8) is 0 Å². The van der Waals surface area contributed by atoms with Crippen LogP contribution < -0.4 is 15.8 Å². The first kappa shape index (κ1) is 21.5. The number of halogens is 3. The summed E-state index contributed by atoms with van der Waals surface area (Å²) in [4.78, 5) is 12.0. The Bertz CT molecular complexity index is 924. The lowest BCUT2D eigenvalue weighted by molar-refractivity contribution is -0.139. The molecule has 1 aliphatic rings. The van der Waals surface area contributed by atoms with Gasteiger partial charge in [-0.3, -0.25) is 4.79 Å². The minimum absolute atomic E-state index is 0.00954. The van der Waals surface area contributed by atoms with Gasteiger partial charge in [0.05, 0.1) is 30.7 Å². The van der Waals surface area contributed by atoms with Crippen LogP contribution in [0.3, 0.4) is 0 Å². The molecule has 1 fully saturated rings. The Morgan fingerprint density at radius 2 is 2.07 bits per heavy atom. The molecule has 0 unspecified atom stereocenters. The van der Waals surface area contributed by atoms with E-state index in [0.717, 1.165) is 12.1 Å². The number of ether oxygens (including phenoxy) is 3. The average molecular weight is 471 g/mol. The molecule has 9 heteroatoms. The van der Waals surface area contributed by atoms with Gasteiger partial charge in [0.15, 0.2) is 5.79 Å². The van der Waals surface area contributed by atoms with E-state index in [1.165, 1.54) is 12.1 Å². The Morgan fingerprint density at radius 3 is 2.69 bits per heavy atom. The smallest absolute Gasteiger partial charge is 0.254 e. The lowest BCUT2D eigenvalue weighted by atomic mass is 10.1. The molecule has 0 bridgehead atoms. The first-order valence-corrected chi connectivity index (χ1v) is 9.74. The average Bonchev–Trinajstić information content (AvgIpc) is 2.95. The minimum Gasteiger partial charge on any atom is -0.492 e. The summed E-state index contributed by atoms with van der Waals surface area (Å²) in [6, 6.07) is 6.43. The summed E-state index contributed by atoms with van der Waals surface area (Å²) < 4.78 is 45.6. The third kappa shape index (κ3) is 5.43. The fraction of sp³-hybridized carbons (Fsp3) is 0.350. The van der Waals surface area contributed by atoms with E-state index in [0.29, 0.717) is 17.5 Å². The first-order valence-electron chi connectivity index (χ1n) is 8.94. The van der Waals surface area contributed by atoms with Gasteiger partial charge < -0.3 is 25.3 Å². The number of hydrogen-bond acceptors (Lipinski definition) is 5. The van der Waals surface area contributed by atoms with Crippen LogP contribution in [0.2, 0.25) is 0 Å². The Kier molecular flexibility index (Phi) is 6.40. The maximum absolute atomic E-state index is 14.2. The second kappa shape index (κ2) is 8.64. The van der Waals surface area contributed by atoms with Gasteiger partial charge in [-0.05, 0) is 38.1 Å². The molecule has 0 radical (unpaired) electrons. The van der Waals surface area contributed by atoms with Crippen molar-refractivity contribution in [3.8, 4) is 5.75 Å². The van der Waals surface area contributed by atoms with Crippen molar-refractivity contribution in [2.45, 2.75) is 32.2 Å². The SMILES string of the molecule is CC1(C)OC[C@@H](CCOc2cc(F)cc(Nc3ccc(Br)cc3F)c2C(N)=O)O1. The number of hydrogen-bond donors (Lipinski definition) is 2. The van der Waals surface area contributed by atoms with Gasteiger partial charge in [0.2, 0.25) is 0 Å². The number of nitrogens with one attached hydrogen (secondary N) is 1. The molecule has 3 N–H and O–H groups in total. The normalized spacial score (nSPS) is 17.9. The van der Waals surface area contributed by atoms with Crippen molar-refractivity contribution in [1.82, 2.24) is 0 Å². The van der Waals surface area contributed by atoms with Gasteiger partial charge in [-0.25, -0.2) is 8.78 Å². The van der Waals surface area contributed by atoms with Gasteiger partial charge in [-0.15, -0.1) is 0 Å². The topological polar surface area (TPSA) is 82.8 Å². The Labute approximate surface area is 175 Å². The lowest BCUT2D eigenvalue weighted by Crippen LogP contribution is -2.22. The first-order chi connectivity index (χ1) is 13.6. The van der Waals surface area contributed by atoms with Gasteiger partial charge in [-0.2, -0.15) is 0 Å². The molecule has 2 aromatic rings. The summed E-state index contributed by atoms with van der Waals surface area (Å²) in [5.41, 5.74) is 5.48. The Hall–Kier alpha value is -2.23. The highest BCUT2D eigenvalue weighted by Gasteiger charge is 2.32. The third-order valence-electron chi connectivity index (χ3n) is 4.28. The van der Waals surface area contributed by atoms with E-state index in [1.807, 2.05) is 13.8 Å². The zero-order chi connectivity index (χ0) is 21.2. The van der Waals surface area contributed by atoms with Crippen LogP contribution in [0.4, 0.5) is 20.2 Å². The van der Waals surface area contributed by atoms with E-state index in [1.54, 1.807) is 6.07 Å². The Morgan fingerprint density at radius 1 is 1.31 bits per heavy atom. The molecular weight excluding hydrogens is 450 g/mol. The molecule has 1 amide bonds. The van der Waals surface area contributed by atoms with Crippen LogP contribution in [0.1, 0.15) is 30.6 Å². The summed E-state index contributed by atoms with van der Waals surface area (Å²) in [7, 11) is 0. The monoisotopic (exact) mass is 470 g/mol. The summed E-state index contributed by atoms with van der Waals surface area (Å²) in [6.45, 7) is 4.19. The zero-order valence-electron chi connectivity index (χ0n) is 15.9. The van der Waals surface area contributed by atoms with Crippen LogP contribution in [-0.2, 0) is 9.47 Å². The second-order valence-electron chi connectivity index (χ2n) is 7.03. The summed E-state index contributed by atoms with van der Waals surface area (Å²) in [6.07, 6.45) is 0.299. The van der Waals surface area contributed by atoms with E-state index >= 15 is 0 Å². The predicted molar refractivity (Wildman–Crippen MR) is 107 cm³/mol. The molecule has 0 aliphatic carbocycles. The highest BCUT2D eigenvalue weighted by molar-refractivity contribution is 9.10. The predicted octanol–water partition coefficient (Wildman–Crippen LogP) is 4.49. The molecule has 6 nitrogen and oxygen atoms in total. The number of amides is 1. The molecule has 0 aromatic heterocycles. The van der Waals surface area contributed by atoms with Crippen molar-refractivity contribution in [1.29, 1.82) is 0 Å². The van der Waals surface area contributed by atoms with E-state index in [-0.39, 0.29) is 35.4 Å². The second-order valence-corrected chi connectivity index (χ2v) is 7.94. The highest BCUT2D eigenvalue weighted by atomic mass is 79.9. The molecule has 156 valence electrons. The van der Waals surface area contributed by atoms with Crippen LogP contribution in [-0.4, -0.2) is 31.0 Å².